The highest BCUT2D eigenvalue weighted by molar-refractivity contribution is 5.31. The Balaban J connectivity index is 0.000000688. The first-order chi connectivity index (χ1) is 11.0. The van der Waals surface area contributed by atoms with E-state index in [2.05, 4.69) is 18.3 Å². The molecule has 0 bridgehead atoms. The zero-order valence-electron chi connectivity index (χ0n) is 14.9. The van der Waals surface area contributed by atoms with Crippen LogP contribution >= 0.6 is 0 Å². The van der Waals surface area contributed by atoms with Crippen molar-refractivity contribution in [1.82, 2.24) is 5.32 Å². The van der Waals surface area contributed by atoms with Crippen LogP contribution in [-0.4, -0.2) is 31.3 Å². The maximum absolute atomic E-state index is 10.5. The van der Waals surface area contributed by atoms with Crippen LogP contribution in [0.1, 0.15) is 50.7 Å². The van der Waals surface area contributed by atoms with Crippen molar-refractivity contribution in [3.8, 4) is 0 Å². The molecule has 0 fully saturated rings. The van der Waals surface area contributed by atoms with E-state index in [9.17, 15) is 5.11 Å². The van der Waals surface area contributed by atoms with E-state index in [1.165, 1.54) is 5.56 Å². The fourth-order valence-corrected chi connectivity index (χ4v) is 2.29. The number of benzene rings is 1. The molecule has 0 amide bonds. The van der Waals surface area contributed by atoms with Crippen molar-refractivity contribution >= 4 is 0 Å². The molecule has 5 heteroatoms. The lowest BCUT2D eigenvalue weighted by Gasteiger charge is -2.27. The zero-order valence-corrected chi connectivity index (χ0v) is 14.9. The van der Waals surface area contributed by atoms with Crippen molar-refractivity contribution in [2.45, 2.75) is 51.7 Å². The largest absolute Gasteiger partial charge is 0.372 e. The molecule has 0 saturated heterocycles. The van der Waals surface area contributed by atoms with Crippen molar-refractivity contribution in [3.05, 3.63) is 35.4 Å². The molecule has 0 spiro atoms. The lowest BCUT2D eigenvalue weighted by Crippen LogP contribution is -2.40. The normalized spacial score (nSPS) is 13.1. The molecule has 0 aromatic heterocycles. The number of hydrogen-bond donors (Lipinski definition) is 5. The van der Waals surface area contributed by atoms with Crippen molar-refractivity contribution in [3.63, 3.8) is 0 Å². The molecular formula is C18H36N4O. The van der Waals surface area contributed by atoms with Gasteiger partial charge in [0.1, 0.15) is 5.72 Å². The molecule has 0 aliphatic rings. The average Bonchev–Trinajstić information content (AvgIpc) is 2.57. The lowest BCUT2D eigenvalue weighted by molar-refractivity contribution is 0.0191. The fourth-order valence-electron chi connectivity index (χ4n) is 2.29. The molecule has 1 atom stereocenters. The van der Waals surface area contributed by atoms with Gasteiger partial charge >= 0.3 is 0 Å². The highest BCUT2D eigenvalue weighted by atomic mass is 16.3. The lowest BCUT2D eigenvalue weighted by atomic mass is 9.96. The number of aryl methyl sites for hydroxylation is 1. The molecule has 5 nitrogen and oxygen atoms in total. The molecule has 23 heavy (non-hydrogen) atoms. The Morgan fingerprint density at radius 3 is 2.00 bits per heavy atom. The average molecular weight is 325 g/mol. The minimum atomic E-state index is -0.957. The number of nitrogens with two attached hydrogens (primary N) is 3. The van der Waals surface area contributed by atoms with Crippen LogP contribution in [0.5, 0.6) is 0 Å². The van der Waals surface area contributed by atoms with Crippen LogP contribution in [-0.2, 0) is 12.1 Å². The molecule has 1 aromatic rings. The van der Waals surface area contributed by atoms with E-state index in [0.717, 1.165) is 57.3 Å². The second-order valence-electron chi connectivity index (χ2n) is 5.79. The highest BCUT2D eigenvalue weighted by Gasteiger charge is 2.23. The molecule has 134 valence electrons. The third-order valence-corrected chi connectivity index (χ3v) is 3.68. The number of rotatable bonds is 10. The minimum absolute atomic E-state index is 0.704. The summed E-state index contributed by atoms with van der Waals surface area (Å²) in [7, 11) is 0. The summed E-state index contributed by atoms with van der Waals surface area (Å²) in [5.41, 5.74) is 17.0. The van der Waals surface area contributed by atoms with Gasteiger partial charge in [0, 0.05) is 5.56 Å². The van der Waals surface area contributed by atoms with E-state index >= 15 is 0 Å². The summed E-state index contributed by atoms with van der Waals surface area (Å²) < 4.78 is 0. The van der Waals surface area contributed by atoms with E-state index in [0.29, 0.717) is 6.54 Å². The summed E-state index contributed by atoms with van der Waals surface area (Å²) in [4.78, 5) is 0. The van der Waals surface area contributed by atoms with Crippen LogP contribution in [0.4, 0.5) is 0 Å². The van der Waals surface area contributed by atoms with Gasteiger partial charge < -0.3 is 22.3 Å². The molecule has 0 aliphatic carbocycles. The SMILES string of the molecule is CCc1ccccc1C(C)(O)NCCCCN.NCCCCN. The van der Waals surface area contributed by atoms with Gasteiger partial charge in [0.25, 0.3) is 0 Å². The van der Waals surface area contributed by atoms with Crippen molar-refractivity contribution in [2.75, 3.05) is 26.2 Å². The van der Waals surface area contributed by atoms with E-state index in [1.54, 1.807) is 0 Å². The molecule has 1 aromatic carbocycles. The van der Waals surface area contributed by atoms with Gasteiger partial charge in [-0.2, -0.15) is 0 Å². The molecule has 0 heterocycles. The van der Waals surface area contributed by atoms with E-state index < -0.39 is 5.72 Å². The second kappa shape index (κ2) is 13.5. The van der Waals surface area contributed by atoms with Crippen molar-refractivity contribution in [1.29, 1.82) is 0 Å². The topological polar surface area (TPSA) is 110 Å². The number of unbranched alkanes of at least 4 members (excludes halogenated alkanes) is 2. The minimum Gasteiger partial charge on any atom is -0.372 e. The molecule has 0 aliphatic heterocycles. The van der Waals surface area contributed by atoms with Crippen molar-refractivity contribution < 1.29 is 5.11 Å². The third kappa shape index (κ3) is 9.69. The summed E-state index contributed by atoms with van der Waals surface area (Å²) in [5.74, 6) is 0. The Kier molecular flexibility index (Phi) is 12.9. The van der Waals surface area contributed by atoms with Gasteiger partial charge in [0.2, 0.25) is 0 Å². The first kappa shape index (κ1) is 22.0. The summed E-state index contributed by atoms with van der Waals surface area (Å²) in [6, 6.07) is 8.01. The molecular weight excluding hydrogens is 288 g/mol. The Labute approximate surface area is 141 Å². The standard InChI is InChI=1S/C14H24N2O.C4H12N2/c1-3-12-8-4-5-9-13(12)14(2,17)16-11-7-6-10-15;5-3-1-2-4-6/h4-5,8-9,16-17H,3,6-7,10-11,15H2,1-2H3;1-6H2. The predicted octanol–water partition coefficient (Wildman–Crippen LogP) is 1.43. The first-order valence-corrected chi connectivity index (χ1v) is 8.69. The summed E-state index contributed by atoms with van der Waals surface area (Å²) in [5, 5.41) is 13.6. The molecule has 1 unspecified atom stereocenters. The van der Waals surface area contributed by atoms with Crippen LogP contribution in [0.3, 0.4) is 0 Å². The second-order valence-corrected chi connectivity index (χ2v) is 5.79. The van der Waals surface area contributed by atoms with Gasteiger partial charge in [-0.3, -0.25) is 5.32 Å². The van der Waals surface area contributed by atoms with Crippen LogP contribution < -0.4 is 22.5 Å². The molecule has 1 rings (SSSR count). The Hall–Kier alpha value is -0.980. The maximum Gasteiger partial charge on any atom is 0.139 e. The maximum atomic E-state index is 10.5. The van der Waals surface area contributed by atoms with Gasteiger partial charge in [-0.15, -0.1) is 0 Å². The van der Waals surface area contributed by atoms with Crippen molar-refractivity contribution in [2.24, 2.45) is 17.2 Å². The van der Waals surface area contributed by atoms with Gasteiger partial charge in [-0.1, -0.05) is 31.2 Å². The molecule has 0 saturated carbocycles. The quantitative estimate of drug-likeness (QED) is 0.330. The highest BCUT2D eigenvalue weighted by Crippen LogP contribution is 2.22. The van der Waals surface area contributed by atoms with Crippen LogP contribution in [0.2, 0.25) is 0 Å². The van der Waals surface area contributed by atoms with E-state index in [1.807, 2.05) is 25.1 Å². The van der Waals surface area contributed by atoms with Gasteiger partial charge in [0.05, 0.1) is 0 Å². The number of aliphatic hydroxyl groups is 1. The first-order valence-electron chi connectivity index (χ1n) is 8.69. The Bertz CT molecular complexity index is 392. The van der Waals surface area contributed by atoms with Crippen LogP contribution in [0.15, 0.2) is 24.3 Å². The summed E-state index contributed by atoms with van der Waals surface area (Å²) in [6.07, 6.45) is 5.03. The number of hydrogen-bond acceptors (Lipinski definition) is 5. The van der Waals surface area contributed by atoms with Gasteiger partial charge in [0.15, 0.2) is 0 Å². The zero-order chi connectivity index (χ0) is 17.6. The van der Waals surface area contributed by atoms with Crippen LogP contribution in [0, 0.1) is 0 Å². The third-order valence-electron chi connectivity index (χ3n) is 3.68. The molecule has 0 radical (unpaired) electrons. The van der Waals surface area contributed by atoms with Crippen LogP contribution in [0.25, 0.3) is 0 Å². The number of nitrogens with one attached hydrogen (secondary N) is 1. The van der Waals surface area contributed by atoms with Gasteiger partial charge in [-0.05, 0) is 70.8 Å². The molecule has 8 N–H and O–H groups in total. The predicted molar refractivity (Wildman–Crippen MR) is 99.0 cm³/mol. The summed E-state index contributed by atoms with van der Waals surface area (Å²) in [6.45, 7) is 6.94. The van der Waals surface area contributed by atoms with E-state index in [-0.39, 0.29) is 0 Å². The van der Waals surface area contributed by atoms with E-state index in [4.69, 9.17) is 17.2 Å². The monoisotopic (exact) mass is 324 g/mol. The Morgan fingerprint density at radius 2 is 1.48 bits per heavy atom. The fraction of sp³-hybridized carbons (Fsp3) is 0.667. The summed E-state index contributed by atoms with van der Waals surface area (Å²) >= 11 is 0. The Morgan fingerprint density at radius 1 is 0.957 bits per heavy atom. The smallest absolute Gasteiger partial charge is 0.139 e. The van der Waals surface area contributed by atoms with Gasteiger partial charge in [-0.25, -0.2) is 0 Å².